The molecule has 0 spiro atoms. The van der Waals surface area contributed by atoms with Gasteiger partial charge in [-0.3, -0.25) is 0 Å². The molecule has 1 aromatic heterocycles. The van der Waals surface area contributed by atoms with Gasteiger partial charge in [0.1, 0.15) is 6.61 Å². The Balaban J connectivity index is 2.36. The molecule has 0 saturated carbocycles. The molecular formula is C9H15N3O2. The quantitative estimate of drug-likeness (QED) is 0.685. The molecule has 0 radical (unpaired) electrons. The smallest absolute Gasteiger partial charge is 0.233 e. The Bertz CT molecular complexity index is 261. The average Bonchev–Trinajstić information content (AvgIpc) is 2.18. The molecule has 0 unspecified atom stereocenters. The highest BCUT2D eigenvalue weighted by Crippen LogP contribution is 2.08. The van der Waals surface area contributed by atoms with Crippen LogP contribution in [0.1, 0.15) is 0 Å². The van der Waals surface area contributed by atoms with E-state index in [1.54, 1.807) is 19.2 Å². The Morgan fingerprint density at radius 2 is 1.86 bits per heavy atom. The lowest BCUT2D eigenvalue weighted by atomic mass is 10.5. The molecular weight excluding hydrogens is 182 g/mol. The van der Waals surface area contributed by atoms with Crippen LogP contribution in [0.4, 0.5) is 0 Å². The van der Waals surface area contributed by atoms with Crippen molar-refractivity contribution in [2.24, 2.45) is 0 Å². The third kappa shape index (κ3) is 3.57. The number of likely N-dealkylation sites (N-methyl/N-ethyl adjacent to an activating group) is 1. The summed E-state index contributed by atoms with van der Waals surface area (Å²) in [7, 11) is 5.53. The predicted molar refractivity (Wildman–Crippen MR) is 52.6 cm³/mol. The van der Waals surface area contributed by atoms with Crippen molar-refractivity contribution in [2.75, 3.05) is 34.4 Å². The predicted octanol–water partition coefficient (Wildman–Crippen LogP) is 0.426. The zero-order valence-electron chi connectivity index (χ0n) is 8.73. The van der Waals surface area contributed by atoms with Crippen molar-refractivity contribution in [1.82, 2.24) is 15.1 Å². The Morgan fingerprint density at radius 3 is 2.36 bits per heavy atom. The first-order chi connectivity index (χ1) is 6.72. The van der Waals surface area contributed by atoms with Crippen LogP contribution >= 0.6 is 0 Å². The average molecular weight is 197 g/mol. The fourth-order valence-corrected chi connectivity index (χ4v) is 0.826. The van der Waals surface area contributed by atoms with Crippen molar-refractivity contribution in [3.63, 3.8) is 0 Å². The van der Waals surface area contributed by atoms with Crippen molar-refractivity contribution in [2.45, 2.75) is 0 Å². The lowest BCUT2D eigenvalue weighted by Crippen LogP contribution is -2.19. The zero-order chi connectivity index (χ0) is 10.4. The second-order valence-corrected chi connectivity index (χ2v) is 3.07. The van der Waals surface area contributed by atoms with Crippen LogP contribution in [-0.4, -0.2) is 49.5 Å². The van der Waals surface area contributed by atoms with Gasteiger partial charge in [0.2, 0.25) is 11.8 Å². The highest BCUT2D eigenvalue weighted by molar-refractivity contribution is 5.14. The van der Waals surface area contributed by atoms with Gasteiger partial charge >= 0.3 is 0 Å². The van der Waals surface area contributed by atoms with Crippen molar-refractivity contribution < 1.29 is 9.47 Å². The molecule has 1 heterocycles. The lowest BCUT2D eigenvalue weighted by molar-refractivity contribution is 0.250. The summed E-state index contributed by atoms with van der Waals surface area (Å²) < 4.78 is 10.2. The fourth-order valence-electron chi connectivity index (χ4n) is 0.826. The number of hydrogen-bond donors (Lipinski definition) is 0. The molecule has 0 N–H and O–H groups in total. The van der Waals surface area contributed by atoms with Crippen LogP contribution in [-0.2, 0) is 0 Å². The largest absolute Gasteiger partial charge is 0.480 e. The third-order valence-electron chi connectivity index (χ3n) is 1.61. The monoisotopic (exact) mass is 197 g/mol. The van der Waals surface area contributed by atoms with Gasteiger partial charge in [0.15, 0.2) is 0 Å². The Kier molecular flexibility index (Phi) is 4.12. The van der Waals surface area contributed by atoms with E-state index in [4.69, 9.17) is 9.47 Å². The summed E-state index contributed by atoms with van der Waals surface area (Å²) >= 11 is 0. The van der Waals surface area contributed by atoms with Crippen LogP contribution in [0.2, 0.25) is 0 Å². The molecule has 78 valence electrons. The first kappa shape index (κ1) is 10.7. The Labute approximate surface area is 83.7 Å². The van der Waals surface area contributed by atoms with Gasteiger partial charge in [-0.05, 0) is 14.1 Å². The van der Waals surface area contributed by atoms with E-state index in [1.165, 1.54) is 0 Å². The summed E-state index contributed by atoms with van der Waals surface area (Å²) in [5.41, 5.74) is 0. The van der Waals surface area contributed by atoms with Crippen molar-refractivity contribution in [3.8, 4) is 11.8 Å². The van der Waals surface area contributed by atoms with E-state index in [2.05, 4.69) is 10.2 Å². The molecule has 0 aliphatic heterocycles. The molecule has 1 aromatic rings. The van der Waals surface area contributed by atoms with E-state index in [0.29, 0.717) is 18.4 Å². The highest BCUT2D eigenvalue weighted by Gasteiger charge is 1.98. The van der Waals surface area contributed by atoms with Gasteiger partial charge in [-0.15, -0.1) is 10.2 Å². The van der Waals surface area contributed by atoms with Gasteiger partial charge in [-0.2, -0.15) is 0 Å². The normalized spacial score (nSPS) is 10.3. The lowest BCUT2D eigenvalue weighted by Gasteiger charge is -2.09. The van der Waals surface area contributed by atoms with E-state index >= 15 is 0 Å². The maximum atomic E-state index is 5.35. The minimum absolute atomic E-state index is 0.491. The summed E-state index contributed by atoms with van der Waals surface area (Å²) in [6.07, 6.45) is 0. The molecule has 0 aromatic carbocycles. The van der Waals surface area contributed by atoms with E-state index in [0.717, 1.165) is 6.54 Å². The van der Waals surface area contributed by atoms with Crippen LogP contribution in [0.15, 0.2) is 12.1 Å². The second kappa shape index (κ2) is 5.39. The second-order valence-electron chi connectivity index (χ2n) is 3.07. The molecule has 0 amide bonds. The number of methoxy groups -OCH3 is 1. The van der Waals surface area contributed by atoms with E-state index in [1.807, 2.05) is 19.0 Å². The van der Waals surface area contributed by atoms with Crippen molar-refractivity contribution in [3.05, 3.63) is 12.1 Å². The van der Waals surface area contributed by atoms with Crippen LogP contribution in [0, 0.1) is 0 Å². The molecule has 0 saturated heterocycles. The molecule has 0 aliphatic rings. The Morgan fingerprint density at radius 1 is 1.21 bits per heavy atom. The third-order valence-corrected chi connectivity index (χ3v) is 1.61. The Hall–Kier alpha value is -1.36. The number of hydrogen-bond acceptors (Lipinski definition) is 5. The molecule has 0 bridgehead atoms. The van der Waals surface area contributed by atoms with E-state index in [-0.39, 0.29) is 0 Å². The SMILES string of the molecule is COc1ccc(OCCN(C)C)nn1. The van der Waals surface area contributed by atoms with Crippen molar-refractivity contribution >= 4 is 0 Å². The maximum Gasteiger partial charge on any atom is 0.233 e. The first-order valence-electron chi connectivity index (χ1n) is 4.37. The van der Waals surface area contributed by atoms with Crippen LogP contribution in [0.25, 0.3) is 0 Å². The summed E-state index contributed by atoms with van der Waals surface area (Å²) in [6.45, 7) is 1.46. The summed E-state index contributed by atoms with van der Waals surface area (Å²) in [5.74, 6) is 1.01. The van der Waals surface area contributed by atoms with Gasteiger partial charge in [0.25, 0.3) is 0 Å². The standard InChI is InChI=1S/C9H15N3O2/c1-12(2)6-7-14-9-5-4-8(13-3)10-11-9/h4-5H,6-7H2,1-3H3. The summed E-state index contributed by atoms with van der Waals surface area (Å²) in [4.78, 5) is 2.04. The molecule has 14 heavy (non-hydrogen) atoms. The van der Waals surface area contributed by atoms with Crippen LogP contribution < -0.4 is 9.47 Å². The van der Waals surface area contributed by atoms with Gasteiger partial charge in [0.05, 0.1) is 7.11 Å². The topological polar surface area (TPSA) is 47.5 Å². The highest BCUT2D eigenvalue weighted by atomic mass is 16.5. The molecule has 0 fully saturated rings. The number of nitrogens with zero attached hydrogens (tertiary/aromatic N) is 3. The van der Waals surface area contributed by atoms with Crippen molar-refractivity contribution in [1.29, 1.82) is 0 Å². The minimum Gasteiger partial charge on any atom is -0.480 e. The minimum atomic E-state index is 0.491. The molecule has 1 rings (SSSR count). The van der Waals surface area contributed by atoms with Gasteiger partial charge in [0, 0.05) is 18.7 Å². The number of aromatic nitrogens is 2. The summed E-state index contributed by atoms with van der Waals surface area (Å²) in [6, 6.07) is 3.46. The maximum absolute atomic E-state index is 5.35. The molecule has 0 aliphatic carbocycles. The number of ether oxygens (including phenoxy) is 2. The van der Waals surface area contributed by atoms with Gasteiger partial charge < -0.3 is 14.4 Å². The van der Waals surface area contributed by atoms with E-state index in [9.17, 15) is 0 Å². The molecule has 5 heteroatoms. The number of rotatable bonds is 5. The van der Waals surface area contributed by atoms with Gasteiger partial charge in [-0.1, -0.05) is 0 Å². The van der Waals surface area contributed by atoms with Crippen LogP contribution in [0.3, 0.4) is 0 Å². The van der Waals surface area contributed by atoms with Crippen LogP contribution in [0.5, 0.6) is 11.8 Å². The fraction of sp³-hybridized carbons (Fsp3) is 0.556. The van der Waals surface area contributed by atoms with Gasteiger partial charge in [-0.25, -0.2) is 0 Å². The van der Waals surface area contributed by atoms with E-state index < -0.39 is 0 Å². The zero-order valence-corrected chi connectivity index (χ0v) is 8.73. The molecule has 0 atom stereocenters. The summed E-state index contributed by atoms with van der Waals surface area (Å²) in [5, 5.41) is 7.61. The molecule has 5 nitrogen and oxygen atoms in total. The first-order valence-corrected chi connectivity index (χ1v) is 4.37.